The first-order valence-corrected chi connectivity index (χ1v) is 6.10. The fourth-order valence-corrected chi connectivity index (χ4v) is 1.73. The van der Waals surface area contributed by atoms with E-state index < -0.39 is 0 Å². The maximum Gasteiger partial charge on any atom is -0.0443 e. The van der Waals surface area contributed by atoms with Crippen LogP contribution in [0.25, 0.3) is 0 Å². The quantitative estimate of drug-likeness (QED) is 0.442. The van der Waals surface area contributed by atoms with E-state index >= 15 is 0 Å². The molecule has 0 amide bonds. The summed E-state index contributed by atoms with van der Waals surface area (Å²) in [5.41, 5.74) is 0. The molecule has 0 aliphatic carbocycles. The summed E-state index contributed by atoms with van der Waals surface area (Å²) in [4.78, 5) is 0. The van der Waals surface area contributed by atoms with Crippen LogP contribution < -0.4 is 0 Å². The fourth-order valence-electron chi connectivity index (χ4n) is 1.73. The summed E-state index contributed by atoms with van der Waals surface area (Å²) in [5.74, 6) is 0.948. The van der Waals surface area contributed by atoms with Crippen molar-refractivity contribution in [1.82, 2.24) is 0 Å². The Morgan fingerprint density at radius 3 is 2.08 bits per heavy atom. The molecule has 0 saturated carbocycles. The Morgan fingerprint density at radius 1 is 0.923 bits per heavy atom. The van der Waals surface area contributed by atoms with Gasteiger partial charge in [-0.3, -0.25) is 0 Å². The molecule has 0 aliphatic heterocycles. The Balaban J connectivity index is 3.05. The summed E-state index contributed by atoms with van der Waals surface area (Å²) in [6.45, 7) is 8.54. The van der Waals surface area contributed by atoms with E-state index in [1.807, 2.05) is 0 Å². The first-order valence-electron chi connectivity index (χ1n) is 6.10. The number of unbranched alkanes of at least 4 members (excludes halogenated alkanes) is 5. The summed E-state index contributed by atoms with van der Waals surface area (Å²) in [7, 11) is 0. The molecule has 0 heteroatoms. The summed E-state index contributed by atoms with van der Waals surface area (Å²) in [5, 5.41) is 0. The van der Waals surface area contributed by atoms with Gasteiger partial charge in [0.05, 0.1) is 0 Å². The fraction of sp³-hybridized carbons (Fsp3) is 0.923. The zero-order valence-corrected chi connectivity index (χ0v) is 9.65. The van der Waals surface area contributed by atoms with E-state index in [9.17, 15) is 0 Å². The zero-order valence-electron chi connectivity index (χ0n) is 9.65. The molecule has 0 saturated heterocycles. The first kappa shape index (κ1) is 13.0. The van der Waals surface area contributed by atoms with Gasteiger partial charge in [-0.1, -0.05) is 78.6 Å². The molecule has 0 aromatic carbocycles. The van der Waals surface area contributed by atoms with Crippen LogP contribution in [0.2, 0.25) is 0 Å². The van der Waals surface area contributed by atoms with Gasteiger partial charge >= 0.3 is 0 Å². The van der Waals surface area contributed by atoms with Crippen LogP contribution >= 0.6 is 0 Å². The van der Waals surface area contributed by atoms with Gasteiger partial charge in [-0.05, 0) is 5.92 Å². The standard InChI is InChI=1S/C13H27/c1-4-6-8-10-12-13(3)11-9-7-5-2/h13H,2,4-12H2,1,3H3. The third-order valence-corrected chi connectivity index (χ3v) is 2.75. The predicted octanol–water partition coefficient (Wildman–Crippen LogP) is 4.99. The molecule has 0 heterocycles. The van der Waals surface area contributed by atoms with Crippen LogP contribution in [0.15, 0.2) is 0 Å². The number of hydrogen-bond acceptors (Lipinski definition) is 0. The highest BCUT2D eigenvalue weighted by Gasteiger charge is 2.00. The highest BCUT2D eigenvalue weighted by atomic mass is 14.1. The third kappa shape index (κ3) is 9.92. The lowest BCUT2D eigenvalue weighted by molar-refractivity contribution is 0.441. The van der Waals surface area contributed by atoms with E-state index in [0.29, 0.717) is 0 Å². The molecule has 0 rings (SSSR count). The molecule has 0 bridgehead atoms. The van der Waals surface area contributed by atoms with Crippen molar-refractivity contribution in [2.75, 3.05) is 0 Å². The van der Waals surface area contributed by atoms with Crippen molar-refractivity contribution in [2.24, 2.45) is 5.92 Å². The molecule has 13 heavy (non-hydrogen) atoms. The predicted molar refractivity (Wildman–Crippen MR) is 61.7 cm³/mol. The van der Waals surface area contributed by atoms with Gasteiger partial charge in [0.25, 0.3) is 0 Å². The Labute approximate surface area is 85.1 Å². The van der Waals surface area contributed by atoms with Crippen molar-refractivity contribution in [3.8, 4) is 0 Å². The molecule has 0 fully saturated rings. The molecule has 79 valence electrons. The van der Waals surface area contributed by atoms with E-state index in [1.165, 1.54) is 51.4 Å². The Hall–Kier alpha value is 0. The lowest BCUT2D eigenvalue weighted by Gasteiger charge is -2.10. The normalized spacial score (nSPS) is 13.2. The van der Waals surface area contributed by atoms with Crippen LogP contribution in [-0.2, 0) is 0 Å². The van der Waals surface area contributed by atoms with Crippen molar-refractivity contribution >= 4 is 0 Å². The van der Waals surface area contributed by atoms with Crippen molar-refractivity contribution in [3.63, 3.8) is 0 Å². The lowest BCUT2D eigenvalue weighted by Crippen LogP contribution is -1.94. The van der Waals surface area contributed by atoms with Crippen LogP contribution in [0.4, 0.5) is 0 Å². The van der Waals surface area contributed by atoms with E-state index in [0.717, 1.165) is 12.3 Å². The van der Waals surface area contributed by atoms with Gasteiger partial charge in [0.15, 0.2) is 0 Å². The molecule has 0 nitrogen and oxygen atoms in total. The zero-order chi connectivity index (χ0) is 9.94. The average Bonchev–Trinajstić information content (AvgIpc) is 2.13. The summed E-state index contributed by atoms with van der Waals surface area (Å²) < 4.78 is 0. The van der Waals surface area contributed by atoms with Gasteiger partial charge in [0.2, 0.25) is 0 Å². The molecule has 0 aromatic heterocycles. The molecule has 1 unspecified atom stereocenters. The van der Waals surface area contributed by atoms with Gasteiger partial charge in [0, 0.05) is 0 Å². The summed E-state index contributed by atoms with van der Waals surface area (Å²) >= 11 is 0. The van der Waals surface area contributed by atoms with Crippen molar-refractivity contribution in [2.45, 2.75) is 71.6 Å². The monoisotopic (exact) mass is 183 g/mol. The molecular formula is C13H27. The SMILES string of the molecule is [CH2]CCCCC(C)CCCCCC. The Kier molecular flexibility index (Phi) is 10.1. The number of hydrogen-bond donors (Lipinski definition) is 0. The second-order valence-electron chi connectivity index (χ2n) is 4.30. The van der Waals surface area contributed by atoms with Crippen molar-refractivity contribution in [3.05, 3.63) is 6.92 Å². The van der Waals surface area contributed by atoms with Crippen LogP contribution in [0.5, 0.6) is 0 Å². The highest BCUT2D eigenvalue weighted by Crippen LogP contribution is 2.16. The molecule has 0 spiro atoms. The molecule has 1 radical (unpaired) electrons. The summed E-state index contributed by atoms with van der Waals surface area (Å²) in [6.07, 6.45) is 12.3. The lowest BCUT2D eigenvalue weighted by atomic mass is 9.97. The maximum absolute atomic E-state index is 3.87. The molecule has 0 aliphatic rings. The van der Waals surface area contributed by atoms with Gasteiger partial charge in [-0.25, -0.2) is 0 Å². The van der Waals surface area contributed by atoms with E-state index in [1.54, 1.807) is 0 Å². The van der Waals surface area contributed by atoms with Crippen LogP contribution in [0, 0.1) is 12.8 Å². The van der Waals surface area contributed by atoms with Gasteiger partial charge in [0.1, 0.15) is 0 Å². The number of rotatable bonds is 9. The summed E-state index contributed by atoms with van der Waals surface area (Å²) in [6, 6.07) is 0. The minimum atomic E-state index is 0.948. The van der Waals surface area contributed by atoms with Crippen LogP contribution in [0.1, 0.15) is 71.6 Å². The second kappa shape index (κ2) is 10.1. The van der Waals surface area contributed by atoms with Crippen molar-refractivity contribution < 1.29 is 0 Å². The third-order valence-electron chi connectivity index (χ3n) is 2.75. The topological polar surface area (TPSA) is 0 Å². The first-order chi connectivity index (χ1) is 6.31. The van der Waals surface area contributed by atoms with Gasteiger partial charge in [-0.2, -0.15) is 0 Å². The van der Waals surface area contributed by atoms with Crippen LogP contribution in [-0.4, -0.2) is 0 Å². The molecule has 1 atom stereocenters. The molecule has 0 aromatic rings. The second-order valence-corrected chi connectivity index (χ2v) is 4.30. The van der Waals surface area contributed by atoms with Gasteiger partial charge in [-0.15, -0.1) is 0 Å². The van der Waals surface area contributed by atoms with Crippen LogP contribution in [0.3, 0.4) is 0 Å². The highest BCUT2D eigenvalue weighted by molar-refractivity contribution is 4.55. The Bertz CT molecular complexity index is 86.0. The smallest absolute Gasteiger partial charge is 0.0443 e. The average molecular weight is 183 g/mol. The van der Waals surface area contributed by atoms with E-state index in [2.05, 4.69) is 20.8 Å². The van der Waals surface area contributed by atoms with E-state index in [-0.39, 0.29) is 0 Å². The minimum absolute atomic E-state index is 0.948. The maximum atomic E-state index is 3.87. The van der Waals surface area contributed by atoms with Crippen molar-refractivity contribution in [1.29, 1.82) is 0 Å². The van der Waals surface area contributed by atoms with E-state index in [4.69, 9.17) is 0 Å². The molecular weight excluding hydrogens is 156 g/mol. The van der Waals surface area contributed by atoms with Gasteiger partial charge < -0.3 is 0 Å². The largest absolute Gasteiger partial charge is 0.0654 e. The minimum Gasteiger partial charge on any atom is -0.0654 e. The Morgan fingerprint density at radius 2 is 1.54 bits per heavy atom. The molecule has 0 N–H and O–H groups in total.